The minimum Gasteiger partial charge on any atom is -0.490 e. The van der Waals surface area contributed by atoms with Crippen LogP contribution in [-0.4, -0.2) is 46.3 Å². The zero-order chi connectivity index (χ0) is 17.4. The van der Waals surface area contributed by atoms with E-state index in [1.807, 2.05) is 6.92 Å². The number of ether oxygens (including phenoxy) is 2. The monoisotopic (exact) mass is 332 g/mol. The van der Waals surface area contributed by atoms with Gasteiger partial charge in [0.1, 0.15) is 24.2 Å². The lowest BCUT2D eigenvalue weighted by Gasteiger charge is -2.18. The average molecular weight is 332 g/mol. The van der Waals surface area contributed by atoms with Crippen LogP contribution in [0.5, 0.6) is 5.75 Å². The van der Waals surface area contributed by atoms with Crippen molar-refractivity contribution in [2.24, 2.45) is 0 Å². The molecule has 128 valence electrons. The van der Waals surface area contributed by atoms with Crippen molar-refractivity contribution in [3.63, 3.8) is 0 Å². The second kappa shape index (κ2) is 8.76. The summed E-state index contributed by atoms with van der Waals surface area (Å²) in [5, 5.41) is 10.4. The molecule has 2 aromatic rings. The number of rotatable bonds is 8. The number of benzene rings is 1. The quantitative estimate of drug-likeness (QED) is 0.726. The summed E-state index contributed by atoms with van der Waals surface area (Å²) >= 11 is 0. The molecule has 0 fully saturated rings. The van der Waals surface area contributed by atoms with Crippen LogP contribution in [0.15, 0.2) is 24.5 Å². The van der Waals surface area contributed by atoms with Crippen LogP contribution in [0.3, 0.4) is 0 Å². The minimum absolute atomic E-state index is 0.0818. The van der Waals surface area contributed by atoms with Gasteiger partial charge in [-0.3, -0.25) is 9.59 Å². The molecule has 1 atom stereocenters. The fourth-order valence-electron chi connectivity index (χ4n) is 2.06. The lowest BCUT2D eigenvalue weighted by atomic mass is 10.3. The number of esters is 1. The van der Waals surface area contributed by atoms with Crippen LogP contribution >= 0.6 is 0 Å². The molecule has 1 N–H and O–H groups in total. The van der Waals surface area contributed by atoms with E-state index in [1.54, 1.807) is 18.2 Å². The lowest BCUT2D eigenvalue weighted by molar-refractivity contribution is -0.148. The summed E-state index contributed by atoms with van der Waals surface area (Å²) in [5.74, 6) is 0.0467. The Kier molecular flexibility index (Phi) is 6.41. The summed E-state index contributed by atoms with van der Waals surface area (Å²) in [7, 11) is 0. The third-order valence-corrected chi connectivity index (χ3v) is 3.13. The fourth-order valence-corrected chi connectivity index (χ4v) is 2.06. The Hall–Kier alpha value is -2.77. The second-order valence-corrected chi connectivity index (χ2v) is 5.21. The SMILES string of the molecule is CCCC(=O)NCC(COc1ccc2ncnnc2c1)OC(C)=O. The standard InChI is InChI=1S/C16H20N4O4/c1-3-4-16(22)17-8-13(24-11(2)21)9-23-12-5-6-14-15(7-12)20-19-10-18-14/h5-7,10,13H,3-4,8-9H2,1-2H3,(H,17,22). The van der Waals surface area contributed by atoms with E-state index < -0.39 is 12.1 Å². The Morgan fingerprint density at radius 1 is 1.29 bits per heavy atom. The minimum atomic E-state index is -0.570. The Labute approximate surface area is 139 Å². The maximum Gasteiger partial charge on any atom is 0.303 e. The van der Waals surface area contributed by atoms with Crippen molar-refractivity contribution < 1.29 is 19.1 Å². The highest BCUT2D eigenvalue weighted by molar-refractivity contribution is 5.76. The van der Waals surface area contributed by atoms with Crippen LogP contribution in [0.4, 0.5) is 0 Å². The number of hydrogen-bond acceptors (Lipinski definition) is 7. The van der Waals surface area contributed by atoms with Gasteiger partial charge < -0.3 is 14.8 Å². The molecule has 1 amide bonds. The van der Waals surface area contributed by atoms with Gasteiger partial charge in [-0.15, -0.1) is 10.2 Å². The predicted molar refractivity (Wildman–Crippen MR) is 86.3 cm³/mol. The van der Waals surface area contributed by atoms with Gasteiger partial charge in [0.05, 0.1) is 12.1 Å². The van der Waals surface area contributed by atoms with Gasteiger partial charge in [0.25, 0.3) is 0 Å². The summed E-state index contributed by atoms with van der Waals surface area (Å²) in [4.78, 5) is 26.8. The lowest BCUT2D eigenvalue weighted by Crippen LogP contribution is -2.37. The van der Waals surface area contributed by atoms with Crippen molar-refractivity contribution in [3.8, 4) is 5.75 Å². The molecule has 0 spiro atoms. The van der Waals surface area contributed by atoms with Crippen molar-refractivity contribution in [2.45, 2.75) is 32.8 Å². The largest absolute Gasteiger partial charge is 0.490 e. The summed E-state index contributed by atoms with van der Waals surface area (Å²) in [5.41, 5.74) is 1.32. The second-order valence-electron chi connectivity index (χ2n) is 5.21. The molecule has 1 aromatic heterocycles. The van der Waals surface area contributed by atoms with E-state index in [9.17, 15) is 9.59 Å². The molecule has 2 rings (SSSR count). The van der Waals surface area contributed by atoms with Gasteiger partial charge >= 0.3 is 5.97 Å². The maximum atomic E-state index is 11.5. The van der Waals surface area contributed by atoms with Crippen molar-refractivity contribution in [3.05, 3.63) is 24.5 Å². The molecule has 0 bridgehead atoms. The Balaban J connectivity index is 1.94. The molecule has 0 saturated heterocycles. The number of carbonyl (C=O) groups is 2. The molecule has 8 heteroatoms. The van der Waals surface area contributed by atoms with E-state index in [0.29, 0.717) is 23.2 Å². The van der Waals surface area contributed by atoms with Crippen LogP contribution in [0.25, 0.3) is 11.0 Å². The average Bonchev–Trinajstić information content (AvgIpc) is 2.57. The molecular formula is C16H20N4O4. The summed E-state index contributed by atoms with van der Waals surface area (Å²) in [6.07, 6.45) is 1.99. The highest BCUT2D eigenvalue weighted by Gasteiger charge is 2.15. The fraction of sp³-hybridized carbons (Fsp3) is 0.438. The molecule has 0 saturated carbocycles. The van der Waals surface area contributed by atoms with E-state index in [0.717, 1.165) is 6.42 Å². The molecule has 0 aliphatic rings. The first-order valence-electron chi connectivity index (χ1n) is 7.72. The number of amides is 1. The summed E-state index contributed by atoms with van der Waals surface area (Å²) in [6, 6.07) is 5.22. The summed E-state index contributed by atoms with van der Waals surface area (Å²) in [6.45, 7) is 3.56. The molecule has 0 radical (unpaired) electrons. The smallest absolute Gasteiger partial charge is 0.303 e. The van der Waals surface area contributed by atoms with E-state index in [2.05, 4.69) is 20.5 Å². The number of hydrogen-bond donors (Lipinski definition) is 1. The molecule has 0 aliphatic carbocycles. The molecule has 1 unspecified atom stereocenters. The zero-order valence-electron chi connectivity index (χ0n) is 13.7. The Morgan fingerprint density at radius 3 is 2.88 bits per heavy atom. The van der Waals surface area contributed by atoms with Crippen molar-refractivity contribution in [2.75, 3.05) is 13.2 Å². The van der Waals surface area contributed by atoms with E-state index >= 15 is 0 Å². The van der Waals surface area contributed by atoms with Gasteiger partial charge in [-0.25, -0.2) is 4.98 Å². The van der Waals surface area contributed by atoms with Crippen molar-refractivity contribution in [1.82, 2.24) is 20.5 Å². The van der Waals surface area contributed by atoms with Crippen LogP contribution in [-0.2, 0) is 14.3 Å². The number of aromatic nitrogens is 3. The Bertz CT molecular complexity index is 707. The number of carbonyl (C=O) groups excluding carboxylic acids is 2. The molecule has 0 aliphatic heterocycles. The number of nitrogens with zero attached hydrogens (tertiary/aromatic N) is 3. The van der Waals surface area contributed by atoms with Gasteiger partial charge in [0.15, 0.2) is 6.10 Å². The maximum absolute atomic E-state index is 11.5. The number of nitrogens with one attached hydrogen (secondary N) is 1. The van der Waals surface area contributed by atoms with E-state index in [-0.39, 0.29) is 19.1 Å². The molecule has 24 heavy (non-hydrogen) atoms. The molecule has 1 aromatic carbocycles. The highest BCUT2D eigenvalue weighted by Crippen LogP contribution is 2.17. The van der Waals surface area contributed by atoms with Crippen molar-refractivity contribution >= 4 is 22.9 Å². The van der Waals surface area contributed by atoms with Gasteiger partial charge in [-0.05, 0) is 18.6 Å². The van der Waals surface area contributed by atoms with Crippen molar-refractivity contribution in [1.29, 1.82) is 0 Å². The highest BCUT2D eigenvalue weighted by atomic mass is 16.6. The van der Waals surface area contributed by atoms with Crippen LogP contribution in [0.2, 0.25) is 0 Å². The summed E-state index contributed by atoms with van der Waals surface area (Å²) < 4.78 is 10.8. The third-order valence-electron chi connectivity index (χ3n) is 3.13. The van der Waals surface area contributed by atoms with E-state index in [1.165, 1.54) is 13.3 Å². The van der Waals surface area contributed by atoms with Gasteiger partial charge in [-0.1, -0.05) is 6.92 Å². The predicted octanol–water partition coefficient (Wildman–Crippen LogP) is 1.25. The van der Waals surface area contributed by atoms with E-state index in [4.69, 9.17) is 9.47 Å². The van der Waals surface area contributed by atoms with Gasteiger partial charge in [0.2, 0.25) is 5.91 Å². The first kappa shape index (κ1) is 17.6. The van der Waals surface area contributed by atoms with Crippen LogP contribution in [0.1, 0.15) is 26.7 Å². The molecule has 8 nitrogen and oxygen atoms in total. The Morgan fingerprint density at radius 2 is 2.12 bits per heavy atom. The first-order chi connectivity index (χ1) is 11.6. The third kappa shape index (κ3) is 5.45. The van der Waals surface area contributed by atoms with Crippen LogP contribution < -0.4 is 10.1 Å². The zero-order valence-corrected chi connectivity index (χ0v) is 13.7. The first-order valence-corrected chi connectivity index (χ1v) is 7.72. The number of fused-ring (bicyclic) bond motifs is 1. The molecular weight excluding hydrogens is 312 g/mol. The normalized spacial score (nSPS) is 11.8. The van der Waals surface area contributed by atoms with Gasteiger partial charge in [-0.2, -0.15) is 0 Å². The molecule has 1 heterocycles. The topological polar surface area (TPSA) is 103 Å². The van der Waals surface area contributed by atoms with Crippen LogP contribution in [0, 0.1) is 0 Å². The van der Waals surface area contributed by atoms with Gasteiger partial charge in [0, 0.05) is 19.4 Å².